The van der Waals surface area contributed by atoms with Crippen LogP contribution in [-0.2, 0) is 9.59 Å². The van der Waals surface area contributed by atoms with Crippen molar-refractivity contribution in [2.45, 2.75) is 12.1 Å². The van der Waals surface area contributed by atoms with Crippen molar-refractivity contribution in [1.29, 1.82) is 0 Å². The van der Waals surface area contributed by atoms with E-state index in [1.54, 1.807) is 0 Å². The molecular formula is C4H6NNaO4. The number of hydrogen-bond acceptors (Lipinski definition) is 3. The SMILES string of the molecule is O=C(O)C1NC1C(=O)O.[NaH]. The summed E-state index contributed by atoms with van der Waals surface area (Å²) in [5.41, 5.74) is 0. The maximum atomic E-state index is 9.95. The van der Waals surface area contributed by atoms with Crippen LogP contribution in [-0.4, -0.2) is 63.8 Å². The molecule has 2 unspecified atom stereocenters. The van der Waals surface area contributed by atoms with E-state index in [9.17, 15) is 9.59 Å². The van der Waals surface area contributed by atoms with Crippen molar-refractivity contribution >= 4 is 41.5 Å². The van der Waals surface area contributed by atoms with Gasteiger partial charge in [0.2, 0.25) is 0 Å². The minimum absolute atomic E-state index is 0. The summed E-state index contributed by atoms with van der Waals surface area (Å²) in [6.07, 6.45) is 0. The zero-order chi connectivity index (χ0) is 7.02. The summed E-state index contributed by atoms with van der Waals surface area (Å²) >= 11 is 0. The third-order valence-electron chi connectivity index (χ3n) is 1.12. The minimum atomic E-state index is -1.11. The summed E-state index contributed by atoms with van der Waals surface area (Å²) in [4.78, 5) is 19.9. The molecule has 10 heavy (non-hydrogen) atoms. The molecule has 6 heteroatoms. The number of rotatable bonds is 2. The van der Waals surface area contributed by atoms with Gasteiger partial charge in [0.05, 0.1) is 0 Å². The van der Waals surface area contributed by atoms with Crippen molar-refractivity contribution in [3.63, 3.8) is 0 Å². The molecule has 1 saturated heterocycles. The van der Waals surface area contributed by atoms with Crippen LogP contribution in [0.4, 0.5) is 0 Å². The molecule has 1 rings (SSSR count). The molecule has 1 aliphatic rings. The Labute approximate surface area is 78.7 Å². The van der Waals surface area contributed by atoms with Crippen LogP contribution in [0.5, 0.6) is 0 Å². The number of nitrogens with one attached hydrogen (secondary N) is 1. The van der Waals surface area contributed by atoms with Crippen molar-refractivity contribution < 1.29 is 19.8 Å². The molecule has 0 amide bonds. The summed E-state index contributed by atoms with van der Waals surface area (Å²) in [5, 5.41) is 18.6. The Balaban J connectivity index is 0.000000810. The first kappa shape index (κ1) is 9.90. The van der Waals surface area contributed by atoms with Gasteiger partial charge in [-0.1, -0.05) is 0 Å². The van der Waals surface area contributed by atoms with Crippen LogP contribution in [0.2, 0.25) is 0 Å². The molecule has 2 atom stereocenters. The van der Waals surface area contributed by atoms with Crippen molar-refractivity contribution in [2.75, 3.05) is 0 Å². The molecule has 0 bridgehead atoms. The average molecular weight is 155 g/mol. The molecule has 0 aromatic heterocycles. The first-order valence-electron chi connectivity index (χ1n) is 2.34. The van der Waals surface area contributed by atoms with Crippen LogP contribution in [0.15, 0.2) is 0 Å². The summed E-state index contributed by atoms with van der Waals surface area (Å²) in [5.74, 6) is -2.22. The van der Waals surface area contributed by atoms with Gasteiger partial charge in [0.1, 0.15) is 12.1 Å². The Morgan fingerprint density at radius 2 is 1.40 bits per heavy atom. The fraction of sp³-hybridized carbons (Fsp3) is 0.500. The normalized spacial score (nSPS) is 28.4. The average Bonchev–Trinajstić information content (AvgIpc) is 2.39. The van der Waals surface area contributed by atoms with Crippen LogP contribution in [0, 0.1) is 0 Å². The molecule has 5 nitrogen and oxygen atoms in total. The van der Waals surface area contributed by atoms with Gasteiger partial charge in [0.15, 0.2) is 0 Å². The van der Waals surface area contributed by atoms with Crippen molar-refractivity contribution in [3.8, 4) is 0 Å². The van der Waals surface area contributed by atoms with E-state index in [1.165, 1.54) is 0 Å². The molecule has 0 radical (unpaired) electrons. The molecule has 52 valence electrons. The number of carboxylic acid groups (broad SMARTS) is 2. The Bertz CT molecular complexity index is 153. The molecule has 0 spiro atoms. The van der Waals surface area contributed by atoms with E-state index in [-0.39, 0.29) is 29.6 Å². The molecule has 1 heterocycles. The van der Waals surface area contributed by atoms with E-state index in [4.69, 9.17) is 10.2 Å². The van der Waals surface area contributed by atoms with E-state index >= 15 is 0 Å². The number of aliphatic carboxylic acids is 2. The zero-order valence-electron chi connectivity index (χ0n) is 4.37. The number of hydrogen-bond donors (Lipinski definition) is 3. The summed E-state index contributed by atoms with van der Waals surface area (Å²) in [6.45, 7) is 0. The molecule has 0 saturated carbocycles. The Morgan fingerprint density at radius 3 is 1.50 bits per heavy atom. The van der Waals surface area contributed by atoms with E-state index in [0.717, 1.165) is 0 Å². The first-order chi connectivity index (χ1) is 4.13. The van der Waals surface area contributed by atoms with Gasteiger partial charge in [-0.15, -0.1) is 0 Å². The van der Waals surface area contributed by atoms with E-state index in [0.29, 0.717) is 0 Å². The van der Waals surface area contributed by atoms with Gasteiger partial charge < -0.3 is 10.2 Å². The third-order valence-corrected chi connectivity index (χ3v) is 1.12. The van der Waals surface area contributed by atoms with Gasteiger partial charge in [-0.3, -0.25) is 14.9 Å². The van der Waals surface area contributed by atoms with Crippen LogP contribution in [0.1, 0.15) is 0 Å². The summed E-state index contributed by atoms with van der Waals surface area (Å²) in [6, 6.07) is -1.75. The van der Waals surface area contributed by atoms with Crippen molar-refractivity contribution in [1.82, 2.24) is 5.32 Å². The molecule has 3 N–H and O–H groups in total. The van der Waals surface area contributed by atoms with Gasteiger partial charge in [0.25, 0.3) is 0 Å². The Hall–Kier alpha value is -0.100. The quantitative estimate of drug-likeness (QED) is 0.312. The molecular weight excluding hydrogens is 149 g/mol. The van der Waals surface area contributed by atoms with Crippen LogP contribution >= 0.6 is 0 Å². The van der Waals surface area contributed by atoms with Crippen LogP contribution < -0.4 is 5.32 Å². The second-order valence-corrected chi connectivity index (χ2v) is 1.80. The standard InChI is InChI=1S/C4H5NO4.Na.H/c6-3(7)1-2(5-1)4(8)9;;/h1-2,5H,(H,6,7)(H,8,9);;. The van der Waals surface area contributed by atoms with Gasteiger partial charge in [-0.25, -0.2) is 0 Å². The van der Waals surface area contributed by atoms with Crippen LogP contribution in [0.3, 0.4) is 0 Å². The maximum absolute atomic E-state index is 9.95. The molecule has 0 aromatic rings. The molecule has 0 aliphatic carbocycles. The molecule has 0 aromatic carbocycles. The number of carbonyl (C=O) groups is 2. The molecule has 1 fully saturated rings. The van der Waals surface area contributed by atoms with Crippen molar-refractivity contribution in [2.24, 2.45) is 0 Å². The van der Waals surface area contributed by atoms with Gasteiger partial charge in [-0.05, 0) is 0 Å². The van der Waals surface area contributed by atoms with Gasteiger partial charge in [-0.2, -0.15) is 0 Å². The summed E-state index contributed by atoms with van der Waals surface area (Å²) < 4.78 is 0. The Kier molecular flexibility index (Phi) is 3.30. The van der Waals surface area contributed by atoms with E-state index in [1.807, 2.05) is 0 Å². The van der Waals surface area contributed by atoms with E-state index in [2.05, 4.69) is 5.32 Å². The van der Waals surface area contributed by atoms with Gasteiger partial charge >= 0.3 is 41.5 Å². The monoisotopic (exact) mass is 155 g/mol. The third kappa shape index (κ3) is 1.95. The fourth-order valence-electron chi connectivity index (χ4n) is 0.566. The summed E-state index contributed by atoms with van der Waals surface area (Å²) in [7, 11) is 0. The first-order valence-corrected chi connectivity index (χ1v) is 2.34. The van der Waals surface area contributed by atoms with Crippen LogP contribution in [0.25, 0.3) is 0 Å². The fourth-order valence-corrected chi connectivity index (χ4v) is 0.566. The predicted molar refractivity (Wildman–Crippen MR) is 33.1 cm³/mol. The van der Waals surface area contributed by atoms with E-state index < -0.39 is 24.0 Å². The second kappa shape index (κ2) is 3.34. The topological polar surface area (TPSA) is 96.5 Å². The number of carboxylic acids is 2. The molecule has 1 aliphatic heterocycles. The predicted octanol–water partition coefficient (Wildman–Crippen LogP) is -2.15. The zero-order valence-corrected chi connectivity index (χ0v) is 4.37. The van der Waals surface area contributed by atoms with Gasteiger partial charge in [0, 0.05) is 0 Å². The second-order valence-electron chi connectivity index (χ2n) is 1.80. The van der Waals surface area contributed by atoms with Crippen molar-refractivity contribution in [3.05, 3.63) is 0 Å². The Morgan fingerprint density at radius 1 is 1.10 bits per heavy atom.